The number of fused-ring (bicyclic) bond motifs is 1. The van der Waals surface area contributed by atoms with Crippen LogP contribution in [-0.4, -0.2) is 36.6 Å². The van der Waals surface area contributed by atoms with E-state index in [0.29, 0.717) is 12.6 Å². The van der Waals surface area contributed by atoms with Crippen molar-refractivity contribution in [2.75, 3.05) is 19.7 Å². The lowest BCUT2D eigenvalue weighted by Crippen LogP contribution is -2.54. The maximum absolute atomic E-state index is 12.8. The van der Waals surface area contributed by atoms with E-state index in [-0.39, 0.29) is 5.97 Å². The van der Waals surface area contributed by atoms with E-state index in [2.05, 4.69) is 17.0 Å². The Hall–Kier alpha value is -1.35. The molecule has 0 amide bonds. The van der Waals surface area contributed by atoms with Gasteiger partial charge in [0.2, 0.25) is 0 Å². The predicted octanol–water partition coefficient (Wildman–Crippen LogP) is 3.14. The van der Waals surface area contributed by atoms with Gasteiger partial charge in [0.1, 0.15) is 0 Å². The molecule has 2 aliphatic heterocycles. The summed E-state index contributed by atoms with van der Waals surface area (Å²) in [5.41, 5.74) is 0.698. The lowest BCUT2D eigenvalue weighted by Gasteiger charge is -2.47. The average molecular weight is 287 g/mol. The van der Waals surface area contributed by atoms with Crippen LogP contribution in [0.15, 0.2) is 30.3 Å². The highest BCUT2D eigenvalue weighted by Gasteiger charge is 2.47. The van der Waals surface area contributed by atoms with Crippen LogP contribution in [0, 0.1) is 0 Å². The fraction of sp³-hybridized carbons (Fsp3) is 0.611. The highest BCUT2D eigenvalue weighted by Crippen LogP contribution is 2.41. The number of hydrogen-bond donors (Lipinski definition) is 0. The third kappa shape index (κ3) is 2.71. The number of carbonyl (C=O) groups excluding carboxylic acids is 1. The van der Waals surface area contributed by atoms with Crippen LogP contribution < -0.4 is 0 Å². The van der Waals surface area contributed by atoms with Gasteiger partial charge in [-0.3, -0.25) is 4.79 Å². The fourth-order valence-corrected chi connectivity index (χ4v) is 4.02. The Balaban J connectivity index is 1.92. The van der Waals surface area contributed by atoms with Crippen molar-refractivity contribution in [2.45, 2.75) is 50.5 Å². The summed E-state index contributed by atoms with van der Waals surface area (Å²) in [6.07, 6.45) is 5.60. The first-order valence-corrected chi connectivity index (χ1v) is 8.23. The minimum absolute atomic E-state index is 0.0265. The summed E-state index contributed by atoms with van der Waals surface area (Å²) in [6, 6.07) is 10.8. The molecule has 0 aromatic heterocycles. The quantitative estimate of drug-likeness (QED) is 0.800. The number of ether oxygens (including phenoxy) is 1. The molecule has 114 valence electrons. The molecule has 0 aliphatic carbocycles. The third-order valence-electron chi connectivity index (χ3n) is 5.15. The van der Waals surface area contributed by atoms with E-state index in [4.69, 9.17) is 4.74 Å². The van der Waals surface area contributed by atoms with Crippen molar-refractivity contribution in [3.05, 3.63) is 35.9 Å². The molecule has 2 atom stereocenters. The van der Waals surface area contributed by atoms with E-state index >= 15 is 0 Å². The summed E-state index contributed by atoms with van der Waals surface area (Å²) in [5.74, 6) is -0.0265. The molecule has 2 heterocycles. The molecule has 3 rings (SSSR count). The van der Waals surface area contributed by atoms with Gasteiger partial charge < -0.3 is 9.64 Å². The second-order valence-corrected chi connectivity index (χ2v) is 6.31. The molecular weight excluding hydrogens is 262 g/mol. The van der Waals surface area contributed by atoms with Gasteiger partial charge in [-0.05, 0) is 51.3 Å². The molecule has 0 bridgehead atoms. The predicted molar refractivity (Wildman–Crippen MR) is 83.2 cm³/mol. The first kappa shape index (κ1) is 14.6. The van der Waals surface area contributed by atoms with Gasteiger partial charge in [0.15, 0.2) is 0 Å². The van der Waals surface area contributed by atoms with Crippen molar-refractivity contribution in [3.8, 4) is 0 Å². The number of benzene rings is 1. The van der Waals surface area contributed by atoms with Crippen LogP contribution in [0.25, 0.3) is 0 Å². The van der Waals surface area contributed by atoms with E-state index in [1.165, 1.54) is 25.8 Å². The topological polar surface area (TPSA) is 29.5 Å². The molecule has 0 spiro atoms. The van der Waals surface area contributed by atoms with Crippen LogP contribution in [0.3, 0.4) is 0 Å². The van der Waals surface area contributed by atoms with Gasteiger partial charge in [-0.2, -0.15) is 0 Å². The van der Waals surface area contributed by atoms with Gasteiger partial charge in [-0.15, -0.1) is 0 Å². The van der Waals surface area contributed by atoms with E-state index in [1.54, 1.807) is 0 Å². The summed E-state index contributed by atoms with van der Waals surface area (Å²) in [5, 5.41) is 0. The maximum Gasteiger partial charge on any atom is 0.316 e. The van der Waals surface area contributed by atoms with Crippen LogP contribution in [0.4, 0.5) is 0 Å². The third-order valence-corrected chi connectivity index (χ3v) is 5.15. The van der Waals surface area contributed by atoms with Crippen LogP contribution in [0.5, 0.6) is 0 Å². The molecule has 1 aromatic rings. The zero-order valence-corrected chi connectivity index (χ0v) is 12.9. The van der Waals surface area contributed by atoms with E-state index in [9.17, 15) is 4.79 Å². The molecule has 2 saturated heterocycles. The number of carbonyl (C=O) groups is 1. The van der Waals surface area contributed by atoms with Crippen LogP contribution in [-0.2, 0) is 14.9 Å². The Bertz CT molecular complexity index is 487. The monoisotopic (exact) mass is 287 g/mol. The van der Waals surface area contributed by atoms with Crippen LogP contribution in [0.2, 0.25) is 0 Å². The minimum Gasteiger partial charge on any atom is -0.465 e. The second kappa shape index (κ2) is 6.18. The molecule has 0 N–H and O–H groups in total. The van der Waals surface area contributed by atoms with Gasteiger partial charge in [-0.1, -0.05) is 36.8 Å². The molecule has 2 fully saturated rings. The second-order valence-electron chi connectivity index (χ2n) is 6.31. The SMILES string of the molecule is CCOC(=O)[C@]1(c2ccccc2)CCN2CCCC[C@@H]2C1. The Morgan fingerprint density at radius 1 is 1.29 bits per heavy atom. The molecule has 2 aliphatic rings. The molecule has 3 heteroatoms. The number of hydrogen-bond acceptors (Lipinski definition) is 3. The number of esters is 1. The lowest BCUT2D eigenvalue weighted by atomic mass is 9.69. The number of rotatable bonds is 3. The van der Waals surface area contributed by atoms with Gasteiger partial charge in [0.25, 0.3) is 0 Å². The molecule has 1 aromatic carbocycles. The smallest absolute Gasteiger partial charge is 0.316 e. The Kier molecular flexibility index (Phi) is 4.29. The first-order chi connectivity index (χ1) is 10.3. The van der Waals surface area contributed by atoms with Crippen LogP contribution >= 0.6 is 0 Å². The molecule has 3 nitrogen and oxygen atoms in total. The lowest BCUT2D eigenvalue weighted by molar-refractivity contribution is -0.153. The Morgan fingerprint density at radius 2 is 2.10 bits per heavy atom. The van der Waals surface area contributed by atoms with Gasteiger partial charge >= 0.3 is 5.97 Å². The van der Waals surface area contributed by atoms with Crippen molar-refractivity contribution in [1.29, 1.82) is 0 Å². The van der Waals surface area contributed by atoms with Crippen molar-refractivity contribution < 1.29 is 9.53 Å². The number of piperidine rings is 2. The van der Waals surface area contributed by atoms with Crippen molar-refractivity contribution in [1.82, 2.24) is 4.90 Å². The highest BCUT2D eigenvalue weighted by molar-refractivity contribution is 5.83. The molecule has 21 heavy (non-hydrogen) atoms. The highest BCUT2D eigenvalue weighted by atomic mass is 16.5. The Labute approximate surface area is 127 Å². The van der Waals surface area contributed by atoms with Crippen molar-refractivity contribution >= 4 is 5.97 Å². The summed E-state index contributed by atoms with van der Waals surface area (Å²) >= 11 is 0. The first-order valence-electron chi connectivity index (χ1n) is 8.23. The van der Waals surface area contributed by atoms with Crippen molar-refractivity contribution in [2.24, 2.45) is 0 Å². The normalized spacial score (nSPS) is 29.7. The van der Waals surface area contributed by atoms with Gasteiger partial charge in [-0.25, -0.2) is 0 Å². The van der Waals surface area contributed by atoms with Gasteiger partial charge in [0.05, 0.1) is 12.0 Å². The zero-order valence-electron chi connectivity index (χ0n) is 12.9. The summed E-state index contributed by atoms with van der Waals surface area (Å²) < 4.78 is 5.46. The van der Waals surface area contributed by atoms with Crippen LogP contribution in [0.1, 0.15) is 44.6 Å². The van der Waals surface area contributed by atoms with E-state index in [0.717, 1.165) is 24.9 Å². The van der Waals surface area contributed by atoms with Gasteiger partial charge in [0, 0.05) is 6.04 Å². The van der Waals surface area contributed by atoms with E-state index < -0.39 is 5.41 Å². The van der Waals surface area contributed by atoms with E-state index in [1.807, 2.05) is 25.1 Å². The standard InChI is InChI=1S/C18H25NO2/c1-2-21-17(20)18(15-8-4-3-5-9-15)11-13-19-12-7-6-10-16(19)14-18/h3-5,8-9,16H,2,6-7,10-14H2,1H3/t16-,18-/m1/s1. The largest absolute Gasteiger partial charge is 0.465 e. The minimum atomic E-state index is -0.435. The maximum atomic E-state index is 12.8. The summed E-state index contributed by atoms with van der Waals surface area (Å²) in [4.78, 5) is 15.3. The molecule has 0 radical (unpaired) electrons. The average Bonchev–Trinajstić information content (AvgIpc) is 2.55. The zero-order chi connectivity index (χ0) is 14.7. The summed E-state index contributed by atoms with van der Waals surface area (Å²) in [7, 11) is 0. The fourth-order valence-electron chi connectivity index (χ4n) is 4.02. The van der Waals surface area contributed by atoms with Crippen molar-refractivity contribution in [3.63, 3.8) is 0 Å². The molecular formula is C18H25NO2. The summed E-state index contributed by atoms with van der Waals surface area (Å²) in [6.45, 7) is 4.56. The molecule has 0 unspecified atom stereocenters. The Morgan fingerprint density at radius 3 is 2.86 bits per heavy atom. The number of nitrogens with zero attached hydrogens (tertiary/aromatic N) is 1. The molecule has 0 saturated carbocycles.